The van der Waals surface area contributed by atoms with Crippen molar-refractivity contribution in [3.8, 4) is 0 Å². The molecule has 1 aliphatic heterocycles. The lowest BCUT2D eigenvalue weighted by atomic mass is 10.1. The topological polar surface area (TPSA) is 79.4 Å². The van der Waals surface area contributed by atoms with Gasteiger partial charge in [-0.25, -0.2) is 4.90 Å². The Labute approximate surface area is 165 Å². The maximum atomic E-state index is 12.6. The molecule has 1 aliphatic rings. The van der Waals surface area contributed by atoms with Crippen LogP contribution in [0.3, 0.4) is 0 Å². The third-order valence-electron chi connectivity index (χ3n) is 4.41. The third-order valence-corrected chi connectivity index (χ3v) is 4.72. The summed E-state index contributed by atoms with van der Waals surface area (Å²) in [6.45, 7) is 1.83. The minimum Gasteiger partial charge on any atom is -0.322 e. The standard InChI is InChI=1S/C21H14ClN3O3/c1-12-6-7-13(11-23-12)19(26)24-14-8-9-18(17(22)10-14)25-20(27)15-4-2-3-5-16(15)21(25)28/h2-11H,1H3,(H,24,26). The van der Waals surface area contributed by atoms with E-state index in [1.807, 2.05) is 6.92 Å². The van der Waals surface area contributed by atoms with Crippen LogP contribution in [-0.4, -0.2) is 22.7 Å². The van der Waals surface area contributed by atoms with E-state index in [-0.39, 0.29) is 16.6 Å². The van der Waals surface area contributed by atoms with Gasteiger partial charge < -0.3 is 5.32 Å². The predicted octanol–water partition coefficient (Wildman–Crippen LogP) is 4.10. The Hall–Kier alpha value is -3.51. The normalized spacial score (nSPS) is 12.9. The highest BCUT2D eigenvalue weighted by Gasteiger charge is 2.37. The van der Waals surface area contributed by atoms with Crippen molar-refractivity contribution in [3.63, 3.8) is 0 Å². The summed E-state index contributed by atoms with van der Waals surface area (Å²) < 4.78 is 0. The lowest BCUT2D eigenvalue weighted by Crippen LogP contribution is -2.29. The van der Waals surface area contributed by atoms with Crippen LogP contribution in [0, 0.1) is 6.92 Å². The number of hydrogen-bond donors (Lipinski definition) is 1. The molecule has 6 nitrogen and oxygen atoms in total. The highest BCUT2D eigenvalue weighted by Crippen LogP contribution is 2.34. The van der Waals surface area contributed by atoms with E-state index in [4.69, 9.17) is 11.6 Å². The highest BCUT2D eigenvalue weighted by molar-refractivity contribution is 6.40. The van der Waals surface area contributed by atoms with E-state index in [2.05, 4.69) is 10.3 Å². The molecule has 4 rings (SSSR count). The first-order valence-corrected chi connectivity index (χ1v) is 8.85. The summed E-state index contributed by atoms with van der Waals surface area (Å²) in [5.74, 6) is -1.19. The lowest BCUT2D eigenvalue weighted by molar-refractivity contribution is 0.0924. The number of carbonyl (C=O) groups is 3. The van der Waals surface area contributed by atoms with Crippen LogP contribution in [0.15, 0.2) is 60.8 Å². The SMILES string of the molecule is Cc1ccc(C(=O)Nc2ccc(N3C(=O)c4ccccc4C3=O)c(Cl)c2)cn1. The number of fused-ring (bicyclic) bond motifs is 1. The number of rotatable bonds is 3. The van der Waals surface area contributed by atoms with Gasteiger partial charge >= 0.3 is 0 Å². The number of aryl methyl sites for hydroxylation is 1. The zero-order chi connectivity index (χ0) is 19.8. The molecule has 138 valence electrons. The quantitative estimate of drug-likeness (QED) is 0.682. The number of aromatic nitrogens is 1. The van der Waals surface area contributed by atoms with Crippen LogP contribution < -0.4 is 10.2 Å². The summed E-state index contributed by atoms with van der Waals surface area (Å²) in [4.78, 5) is 42.7. The van der Waals surface area contributed by atoms with Crippen molar-refractivity contribution in [1.82, 2.24) is 4.98 Å². The molecule has 0 fully saturated rings. The van der Waals surface area contributed by atoms with Crippen LogP contribution in [0.5, 0.6) is 0 Å². The number of pyridine rings is 1. The molecule has 0 radical (unpaired) electrons. The van der Waals surface area contributed by atoms with Crippen LogP contribution >= 0.6 is 11.6 Å². The molecule has 2 aromatic carbocycles. The number of halogens is 1. The van der Waals surface area contributed by atoms with Crippen molar-refractivity contribution < 1.29 is 14.4 Å². The fourth-order valence-corrected chi connectivity index (χ4v) is 3.24. The molecular weight excluding hydrogens is 378 g/mol. The fraction of sp³-hybridized carbons (Fsp3) is 0.0476. The Morgan fingerprint density at radius 3 is 2.25 bits per heavy atom. The van der Waals surface area contributed by atoms with Crippen LogP contribution in [-0.2, 0) is 0 Å². The van der Waals surface area contributed by atoms with Gasteiger partial charge in [0.15, 0.2) is 0 Å². The molecule has 0 atom stereocenters. The predicted molar refractivity (Wildman–Crippen MR) is 106 cm³/mol. The molecule has 0 saturated heterocycles. The maximum Gasteiger partial charge on any atom is 0.266 e. The summed E-state index contributed by atoms with van der Waals surface area (Å²) >= 11 is 6.32. The van der Waals surface area contributed by atoms with E-state index in [0.29, 0.717) is 22.4 Å². The van der Waals surface area contributed by atoms with Crippen molar-refractivity contribution in [2.75, 3.05) is 10.2 Å². The second-order valence-electron chi connectivity index (χ2n) is 6.30. The first-order valence-electron chi connectivity index (χ1n) is 8.47. The lowest BCUT2D eigenvalue weighted by Gasteiger charge is -2.16. The molecule has 0 bridgehead atoms. The molecule has 1 aromatic heterocycles. The smallest absolute Gasteiger partial charge is 0.266 e. The zero-order valence-corrected chi connectivity index (χ0v) is 15.5. The van der Waals surface area contributed by atoms with Crippen molar-refractivity contribution >= 4 is 40.7 Å². The highest BCUT2D eigenvalue weighted by atomic mass is 35.5. The van der Waals surface area contributed by atoms with Crippen molar-refractivity contribution in [2.45, 2.75) is 6.92 Å². The van der Waals surface area contributed by atoms with Crippen LogP contribution in [0.4, 0.5) is 11.4 Å². The Kier molecular flexibility index (Phi) is 4.41. The summed E-state index contributed by atoms with van der Waals surface area (Å²) in [7, 11) is 0. The van der Waals surface area contributed by atoms with E-state index in [0.717, 1.165) is 10.6 Å². The van der Waals surface area contributed by atoms with Gasteiger partial charge in [0.05, 0.1) is 27.4 Å². The fourth-order valence-electron chi connectivity index (χ4n) is 2.98. The number of amides is 3. The van der Waals surface area contributed by atoms with Gasteiger partial charge in [-0.2, -0.15) is 0 Å². The molecule has 28 heavy (non-hydrogen) atoms. The van der Waals surface area contributed by atoms with Crippen LogP contribution in [0.2, 0.25) is 5.02 Å². The molecule has 0 unspecified atom stereocenters. The third kappa shape index (κ3) is 3.04. The van der Waals surface area contributed by atoms with Gasteiger partial charge in [0.1, 0.15) is 0 Å². The summed E-state index contributed by atoms with van der Waals surface area (Å²) in [5.41, 5.74) is 2.61. The van der Waals surface area contributed by atoms with E-state index in [1.54, 1.807) is 42.5 Å². The van der Waals surface area contributed by atoms with Gasteiger partial charge in [0.2, 0.25) is 0 Å². The van der Waals surface area contributed by atoms with Crippen molar-refractivity contribution in [2.24, 2.45) is 0 Å². The van der Waals surface area contributed by atoms with Gasteiger partial charge in [-0.05, 0) is 49.4 Å². The van der Waals surface area contributed by atoms with Gasteiger partial charge in [0, 0.05) is 17.6 Å². The number of nitrogens with zero attached hydrogens (tertiary/aromatic N) is 2. The first-order chi connectivity index (χ1) is 13.5. The minimum atomic E-state index is -0.426. The molecule has 7 heteroatoms. The average Bonchev–Trinajstić information content (AvgIpc) is 2.94. The molecule has 1 N–H and O–H groups in total. The first kappa shape index (κ1) is 17.9. The molecule has 0 saturated carbocycles. The van der Waals surface area contributed by atoms with Gasteiger partial charge in [-0.15, -0.1) is 0 Å². The van der Waals surface area contributed by atoms with Crippen molar-refractivity contribution in [1.29, 1.82) is 0 Å². The number of nitrogens with one attached hydrogen (secondary N) is 1. The van der Waals surface area contributed by atoms with Gasteiger partial charge in [-0.3, -0.25) is 19.4 Å². The number of imide groups is 1. The average molecular weight is 392 g/mol. The molecule has 0 aliphatic carbocycles. The van der Waals surface area contributed by atoms with E-state index < -0.39 is 11.8 Å². The Bertz CT molecular complexity index is 1090. The molecule has 3 amide bonds. The zero-order valence-electron chi connectivity index (χ0n) is 14.8. The van der Waals surface area contributed by atoms with E-state index in [9.17, 15) is 14.4 Å². The Balaban J connectivity index is 1.59. The summed E-state index contributed by atoms with van der Waals surface area (Å²) in [6, 6.07) is 14.7. The number of benzene rings is 2. The molecule has 2 heterocycles. The van der Waals surface area contributed by atoms with Crippen molar-refractivity contribution in [3.05, 3.63) is 88.2 Å². The largest absolute Gasteiger partial charge is 0.322 e. The maximum absolute atomic E-state index is 12.6. The summed E-state index contributed by atoms with van der Waals surface area (Å²) in [5, 5.41) is 2.90. The Morgan fingerprint density at radius 1 is 1.00 bits per heavy atom. The van der Waals surface area contributed by atoms with Gasteiger partial charge in [0.25, 0.3) is 17.7 Å². The number of hydrogen-bond acceptors (Lipinski definition) is 4. The molecule has 0 spiro atoms. The Morgan fingerprint density at radius 2 is 1.68 bits per heavy atom. The van der Waals surface area contributed by atoms with Gasteiger partial charge in [-0.1, -0.05) is 23.7 Å². The second kappa shape index (κ2) is 6.90. The van der Waals surface area contributed by atoms with Crippen LogP contribution in [0.1, 0.15) is 36.8 Å². The number of carbonyl (C=O) groups excluding carboxylic acids is 3. The monoisotopic (exact) mass is 391 g/mol. The molecular formula is C21H14ClN3O3. The molecule has 3 aromatic rings. The van der Waals surface area contributed by atoms with E-state index >= 15 is 0 Å². The number of anilines is 2. The minimum absolute atomic E-state index is 0.175. The van der Waals surface area contributed by atoms with E-state index in [1.165, 1.54) is 18.3 Å². The summed E-state index contributed by atoms with van der Waals surface area (Å²) in [6.07, 6.45) is 1.49. The van der Waals surface area contributed by atoms with Crippen LogP contribution in [0.25, 0.3) is 0 Å². The second-order valence-corrected chi connectivity index (χ2v) is 6.71.